The molecule has 116 valence electrons. The predicted octanol–water partition coefficient (Wildman–Crippen LogP) is 2.58. The number of hydrogen-bond acceptors (Lipinski definition) is 3. The average Bonchev–Trinajstić information content (AvgIpc) is 2.75. The molecule has 1 aromatic carbocycles. The van der Waals surface area contributed by atoms with Gasteiger partial charge in [-0.3, -0.25) is 4.79 Å². The molecule has 2 rings (SSSR count). The number of anilines is 1. The molecular weight excluding hydrogens is 264 g/mol. The van der Waals surface area contributed by atoms with Gasteiger partial charge >= 0.3 is 0 Å². The lowest BCUT2D eigenvalue weighted by atomic mass is 10.0. The Hall–Kier alpha value is -1.55. The molecule has 4 nitrogen and oxygen atoms in total. The third kappa shape index (κ3) is 3.38. The van der Waals surface area contributed by atoms with Gasteiger partial charge in [0.15, 0.2) is 0 Å². The smallest absolute Gasteiger partial charge is 0.231 e. The van der Waals surface area contributed by atoms with Gasteiger partial charge in [-0.05, 0) is 49.5 Å². The van der Waals surface area contributed by atoms with E-state index in [2.05, 4.69) is 18.7 Å². The van der Waals surface area contributed by atoms with Crippen molar-refractivity contribution < 1.29 is 9.90 Å². The number of phenolic OH excluding ortho intramolecular Hbond substituents is 1. The van der Waals surface area contributed by atoms with Crippen molar-refractivity contribution in [3.63, 3.8) is 0 Å². The van der Waals surface area contributed by atoms with Gasteiger partial charge in [-0.15, -0.1) is 0 Å². The number of hydrogen-bond donors (Lipinski definition) is 1. The number of carbonyl (C=O) groups excluding carboxylic acids is 1. The zero-order valence-electron chi connectivity index (χ0n) is 13.4. The zero-order valence-corrected chi connectivity index (χ0v) is 13.4. The molecule has 4 heteroatoms. The molecule has 1 aliphatic heterocycles. The monoisotopic (exact) mass is 290 g/mol. The summed E-state index contributed by atoms with van der Waals surface area (Å²) in [5.41, 5.74) is 2.91. The highest BCUT2D eigenvalue weighted by molar-refractivity contribution is 6.03. The second-order valence-corrected chi connectivity index (χ2v) is 5.79. The quantitative estimate of drug-likeness (QED) is 0.839. The summed E-state index contributed by atoms with van der Waals surface area (Å²) >= 11 is 0. The van der Waals surface area contributed by atoms with Crippen molar-refractivity contribution in [2.45, 2.75) is 39.5 Å². The first-order valence-electron chi connectivity index (χ1n) is 7.91. The van der Waals surface area contributed by atoms with Gasteiger partial charge in [0.1, 0.15) is 5.75 Å². The van der Waals surface area contributed by atoms with Crippen LogP contribution in [0.4, 0.5) is 5.69 Å². The fourth-order valence-electron chi connectivity index (χ4n) is 3.11. The Kier molecular flexibility index (Phi) is 5.23. The van der Waals surface area contributed by atoms with Crippen molar-refractivity contribution in [1.29, 1.82) is 0 Å². The van der Waals surface area contributed by atoms with E-state index in [1.807, 2.05) is 6.07 Å². The molecule has 0 radical (unpaired) electrons. The number of amides is 1. The van der Waals surface area contributed by atoms with Crippen LogP contribution in [-0.4, -0.2) is 42.6 Å². The Bertz CT molecular complexity index is 508. The van der Waals surface area contributed by atoms with Crippen molar-refractivity contribution in [2.24, 2.45) is 0 Å². The maximum atomic E-state index is 11.9. The number of benzene rings is 1. The van der Waals surface area contributed by atoms with Crippen LogP contribution in [0.1, 0.15) is 37.8 Å². The molecule has 0 aromatic heterocycles. The zero-order chi connectivity index (χ0) is 15.4. The molecule has 21 heavy (non-hydrogen) atoms. The fourth-order valence-corrected chi connectivity index (χ4v) is 3.11. The number of likely N-dealkylation sites (N-methyl/N-ethyl adjacent to an activating group) is 1. The Morgan fingerprint density at radius 1 is 1.19 bits per heavy atom. The van der Waals surface area contributed by atoms with Crippen LogP contribution in [0.25, 0.3) is 0 Å². The minimum atomic E-state index is 0.0618. The molecule has 0 aliphatic carbocycles. The first-order chi connectivity index (χ1) is 10.1. The topological polar surface area (TPSA) is 43.8 Å². The molecule has 0 saturated heterocycles. The Balaban J connectivity index is 2.13. The molecule has 0 spiro atoms. The molecule has 0 saturated carbocycles. The Labute approximate surface area is 127 Å². The van der Waals surface area contributed by atoms with Gasteiger partial charge in [0.05, 0.1) is 12.1 Å². The molecule has 1 amide bonds. The SMILES string of the molecule is CCCN(CCC)CCc1ccc(O)c2c1CC(=O)N2C. The normalized spacial score (nSPS) is 14.1. The lowest BCUT2D eigenvalue weighted by Gasteiger charge is -2.21. The number of fused-ring (bicyclic) bond motifs is 1. The molecule has 0 unspecified atom stereocenters. The van der Waals surface area contributed by atoms with Crippen molar-refractivity contribution in [3.8, 4) is 5.75 Å². The summed E-state index contributed by atoms with van der Waals surface area (Å²) in [5, 5.41) is 9.99. The molecule has 1 N–H and O–H groups in total. The number of rotatable bonds is 7. The van der Waals surface area contributed by atoms with E-state index in [1.54, 1.807) is 18.0 Å². The second kappa shape index (κ2) is 6.94. The van der Waals surface area contributed by atoms with Crippen LogP contribution in [0.2, 0.25) is 0 Å². The standard InChI is InChI=1S/C17H26N2O2/c1-4-9-19(10-5-2)11-8-13-6-7-15(20)17-14(13)12-16(21)18(17)3/h6-7,20H,4-5,8-12H2,1-3H3. The summed E-state index contributed by atoms with van der Waals surface area (Å²) in [5.74, 6) is 0.271. The maximum Gasteiger partial charge on any atom is 0.231 e. The minimum Gasteiger partial charge on any atom is -0.506 e. The van der Waals surface area contributed by atoms with E-state index >= 15 is 0 Å². The molecule has 1 aromatic rings. The predicted molar refractivity (Wildman–Crippen MR) is 85.9 cm³/mol. The van der Waals surface area contributed by atoms with Crippen LogP contribution in [0.15, 0.2) is 12.1 Å². The summed E-state index contributed by atoms with van der Waals surface area (Å²) < 4.78 is 0. The lowest BCUT2D eigenvalue weighted by Crippen LogP contribution is -2.28. The van der Waals surface area contributed by atoms with E-state index in [0.717, 1.165) is 44.5 Å². The van der Waals surface area contributed by atoms with Gasteiger partial charge in [0, 0.05) is 13.6 Å². The summed E-state index contributed by atoms with van der Waals surface area (Å²) in [4.78, 5) is 15.9. The number of carbonyl (C=O) groups is 1. The third-order valence-corrected chi connectivity index (χ3v) is 4.17. The van der Waals surface area contributed by atoms with E-state index in [4.69, 9.17) is 0 Å². The minimum absolute atomic E-state index is 0.0618. The third-order valence-electron chi connectivity index (χ3n) is 4.17. The maximum absolute atomic E-state index is 11.9. The van der Waals surface area contributed by atoms with E-state index in [9.17, 15) is 9.90 Å². The van der Waals surface area contributed by atoms with Gasteiger partial charge < -0.3 is 14.9 Å². The molecule has 0 bridgehead atoms. The summed E-state index contributed by atoms with van der Waals surface area (Å²) in [6, 6.07) is 3.68. The lowest BCUT2D eigenvalue weighted by molar-refractivity contribution is -0.117. The van der Waals surface area contributed by atoms with Crippen molar-refractivity contribution in [1.82, 2.24) is 4.90 Å². The highest BCUT2D eigenvalue weighted by atomic mass is 16.3. The van der Waals surface area contributed by atoms with Crippen molar-refractivity contribution in [3.05, 3.63) is 23.3 Å². The first-order valence-corrected chi connectivity index (χ1v) is 7.91. The molecule has 1 aliphatic rings. The second-order valence-electron chi connectivity index (χ2n) is 5.79. The summed E-state index contributed by atoms with van der Waals surface area (Å²) in [6.07, 6.45) is 3.67. The van der Waals surface area contributed by atoms with E-state index < -0.39 is 0 Å². The van der Waals surface area contributed by atoms with Crippen molar-refractivity contribution >= 4 is 11.6 Å². The van der Waals surface area contributed by atoms with E-state index in [-0.39, 0.29) is 11.7 Å². The first kappa shape index (κ1) is 15.8. The van der Waals surface area contributed by atoms with Crippen LogP contribution in [0.3, 0.4) is 0 Å². The van der Waals surface area contributed by atoms with Crippen LogP contribution in [0.5, 0.6) is 5.75 Å². The van der Waals surface area contributed by atoms with Crippen LogP contribution < -0.4 is 4.90 Å². The van der Waals surface area contributed by atoms with Gasteiger partial charge in [-0.25, -0.2) is 0 Å². The largest absolute Gasteiger partial charge is 0.506 e. The fraction of sp³-hybridized carbons (Fsp3) is 0.588. The van der Waals surface area contributed by atoms with Crippen LogP contribution >= 0.6 is 0 Å². The summed E-state index contributed by atoms with van der Waals surface area (Å²) in [7, 11) is 1.73. The highest BCUT2D eigenvalue weighted by Crippen LogP contribution is 2.38. The van der Waals surface area contributed by atoms with E-state index in [0.29, 0.717) is 12.1 Å². The van der Waals surface area contributed by atoms with E-state index in [1.165, 1.54) is 5.56 Å². The summed E-state index contributed by atoms with van der Waals surface area (Å²) in [6.45, 7) is 7.65. The van der Waals surface area contributed by atoms with Crippen LogP contribution in [0, 0.1) is 0 Å². The average molecular weight is 290 g/mol. The molecular formula is C17H26N2O2. The Morgan fingerprint density at radius 2 is 1.86 bits per heavy atom. The molecule has 0 atom stereocenters. The van der Waals surface area contributed by atoms with Crippen LogP contribution in [-0.2, 0) is 17.6 Å². The van der Waals surface area contributed by atoms with Gasteiger partial charge in [-0.1, -0.05) is 19.9 Å². The highest BCUT2D eigenvalue weighted by Gasteiger charge is 2.29. The number of phenols is 1. The Morgan fingerprint density at radius 3 is 2.48 bits per heavy atom. The molecule has 1 heterocycles. The number of aromatic hydroxyl groups is 1. The van der Waals surface area contributed by atoms with Gasteiger partial charge in [0.2, 0.25) is 5.91 Å². The van der Waals surface area contributed by atoms with Gasteiger partial charge in [-0.2, -0.15) is 0 Å². The van der Waals surface area contributed by atoms with Crippen molar-refractivity contribution in [2.75, 3.05) is 31.6 Å². The van der Waals surface area contributed by atoms with Gasteiger partial charge in [0.25, 0.3) is 0 Å². The number of nitrogens with zero attached hydrogens (tertiary/aromatic N) is 2. The molecule has 0 fully saturated rings.